The first-order valence-electron chi connectivity index (χ1n) is 7.19. The summed E-state index contributed by atoms with van der Waals surface area (Å²) in [6.07, 6.45) is 0.845. The van der Waals surface area contributed by atoms with Crippen LogP contribution in [0.5, 0.6) is 0 Å². The molecule has 0 aliphatic carbocycles. The SMILES string of the molecule is CCOC(=O)Nc1cn(CC(=O)Nc2ccc(C)cc2C)nn1. The van der Waals surface area contributed by atoms with Crippen molar-refractivity contribution >= 4 is 23.5 Å². The van der Waals surface area contributed by atoms with E-state index in [9.17, 15) is 9.59 Å². The van der Waals surface area contributed by atoms with Gasteiger partial charge in [0.2, 0.25) is 5.91 Å². The van der Waals surface area contributed by atoms with Gasteiger partial charge in [-0.15, -0.1) is 5.10 Å². The van der Waals surface area contributed by atoms with Gasteiger partial charge in [0.15, 0.2) is 5.82 Å². The molecule has 0 unspecified atom stereocenters. The van der Waals surface area contributed by atoms with E-state index in [1.807, 2.05) is 32.0 Å². The number of anilines is 2. The zero-order valence-electron chi connectivity index (χ0n) is 13.3. The summed E-state index contributed by atoms with van der Waals surface area (Å²) in [5.74, 6) is -0.00713. The Kier molecular flexibility index (Phi) is 5.29. The highest BCUT2D eigenvalue weighted by molar-refractivity contribution is 5.91. The molecular weight excluding hydrogens is 298 g/mol. The first kappa shape index (κ1) is 16.5. The average molecular weight is 317 g/mol. The summed E-state index contributed by atoms with van der Waals surface area (Å²) in [7, 11) is 0. The van der Waals surface area contributed by atoms with Gasteiger partial charge in [-0.1, -0.05) is 22.9 Å². The van der Waals surface area contributed by atoms with Crippen LogP contribution in [-0.4, -0.2) is 33.6 Å². The molecular formula is C15H19N5O3. The molecule has 0 radical (unpaired) electrons. The fourth-order valence-corrected chi connectivity index (χ4v) is 2.00. The van der Waals surface area contributed by atoms with Gasteiger partial charge in [-0.05, 0) is 32.4 Å². The zero-order valence-corrected chi connectivity index (χ0v) is 13.3. The van der Waals surface area contributed by atoms with Crippen molar-refractivity contribution in [1.82, 2.24) is 15.0 Å². The van der Waals surface area contributed by atoms with Crippen LogP contribution in [0, 0.1) is 13.8 Å². The van der Waals surface area contributed by atoms with E-state index in [0.717, 1.165) is 16.8 Å². The topological polar surface area (TPSA) is 98.1 Å². The van der Waals surface area contributed by atoms with Gasteiger partial charge in [0.05, 0.1) is 12.8 Å². The van der Waals surface area contributed by atoms with Crippen LogP contribution in [0.25, 0.3) is 0 Å². The standard InChI is InChI=1S/C15H19N5O3/c1-4-23-15(22)17-13-8-20(19-18-13)9-14(21)16-12-6-5-10(2)7-11(12)3/h5-8H,4,9H2,1-3H3,(H,16,21)(H,17,22). The maximum absolute atomic E-state index is 12.0. The van der Waals surface area contributed by atoms with Gasteiger partial charge in [0.1, 0.15) is 6.54 Å². The molecule has 0 bridgehead atoms. The number of carbonyl (C=O) groups is 2. The smallest absolute Gasteiger partial charge is 0.412 e. The molecule has 0 atom stereocenters. The van der Waals surface area contributed by atoms with Crippen molar-refractivity contribution in [2.45, 2.75) is 27.3 Å². The summed E-state index contributed by atoms with van der Waals surface area (Å²) in [5.41, 5.74) is 2.87. The molecule has 2 N–H and O–H groups in total. The van der Waals surface area contributed by atoms with Crippen LogP contribution in [0.3, 0.4) is 0 Å². The summed E-state index contributed by atoms with van der Waals surface area (Å²) in [6.45, 7) is 5.88. The minimum Gasteiger partial charge on any atom is -0.450 e. The number of nitrogens with one attached hydrogen (secondary N) is 2. The van der Waals surface area contributed by atoms with E-state index in [4.69, 9.17) is 4.74 Å². The van der Waals surface area contributed by atoms with Crippen molar-refractivity contribution in [3.63, 3.8) is 0 Å². The number of ether oxygens (including phenoxy) is 1. The predicted octanol–water partition coefficient (Wildman–Crippen LogP) is 2.10. The number of aromatic nitrogens is 3. The summed E-state index contributed by atoms with van der Waals surface area (Å²) in [4.78, 5) is 23.3. The molecule has 0 spiro atoms. The largest absolute Gasteiger partial charge is 0.450 e. The molecule has 0 fully saturated rings. The molecule has 0 aliphatic heterocycles. The Morgan fingerprint density at radius 3 is 2.74 bits per heavy atom. The molecule has 2 aromatic rings. The van der Waals surface area contributed by atoms with Gasteiger partial charge < -0.3 is 10.1 Å². The lowest BCUT2D eigenvalue weighted by Gasteiger charge is -2.08. The lowest BCUT2D eigenvalue weighted by atomic mass is 10.1. The summed E-state index contributed by atoms with van der Waals surface area (Å²) in [6, 6.07) is 5.78. The number of rotatable bonds is 5. The minimum absolute atomic E-state index is 0.00911. The van der Waals surface area contributed by atoms with Crippen molar-refractivity contribution in [3.05, 3.63) is 35.5 Å². The molecule has 122 valence electrons. The molecule has 8 heteroatoms. The molecule has 1 aromatic carbocycles. The van der Waals surface area contributed by atoms with E-state index < -0.39 is 6.09 Å². The number of aryl methyl sites for hydroxylation is 2. The van der Waals surface area contributed by atoms with Crippen LogP contribution in [0.4, 0.5) is 16.3 Å². The summed E-state index contributed by atoms with van der Waals surface area (Å²) < 4.78 is 6.07. The fourth-order valence-electron chi connectivity index (χ4n) is 2.00. The molecule has 1 aromatic heterocycles. The number of hydrogen-bond acceptors (Lipinski definition) is 5. The first-order chi connectivity index (χ1) is 11.0. The van der Waals surface area contributed by atoms with Crippen LogP contribution >= 0.6 is 0 Å². The van der Waals surface area contributed by atoms with Crippen LogP contribution in [0.2, 0.25) is 0 Å². The van der Waals surface area contributed by atoms with E-state index in [2.05, 4.69) is 20.9 Å². The van der Waals surface area contributed by atoms with Gasteiger partial charge in [-0.25, -0.2) is 9.48 Å². The highest BCUT2D eigenvalue weighted by Gasteiger charge is 2.10. The van der Waals surface area contributed by atoms with Crippen LogP contribution < -0.4 is 10.6 Å². The van der Waals surface area contributed by atoms with Crippen LogP contribution in [-0.2, 0) is 16.1 Å². The Bertz CT molecular complexity index is 711. The van der Waals surface area contributed by atoms with Gasteiger partial charge in [-0.2, -0.15) is 0 Å². The second-order valence-electron chi connectivity index (χ2n) is 5.01. The number of carbonyl (C=O) groups excluding carboxylic acids is 2. The zero-order chi connectivity index (χ0) is 16.8. The molecule has 0 saturated carbocycles. The summed E-state index contributed by atoms with van der Waals surface area (Å²) in [5, 5.41) is 12.8. The maximum atomic E-state index is 12.0. The third kappa shape index (κ3) is 4.80. The molecule has 0 aliphatic rings. The fraction of sp³-hybridized carbons (Fsp3) is 0.333. The Morgan fingerprint density at radius 2 is 2.04 bits per heavy atom. The van der Waals surface area contributed by atoms with Gasteiger partial charge in [0.25, 0.3) is 0 Å². The number of benzene rings is 1. The quantitative estimate of drug-likeness (QED) is 0.880. The number of amides is 2. The van der Waals surface area contributed by atoms with E-state index in [1.165, 1.54) is 10.9 Å². The second-order valence-corrected chi connectivity index (χ2v) is 5.01. The highest BCUT2D eigenvalue weighted by Crippen LogP contribution is 2.16. The van der Waals surface area contributed by atoms with Crippen LogP contribution in [0.15, 0.2) is 24.4 Å². The van der Waals surface area contributed by atoms with E-state index in [1.54, 1.807) is 6.92 Å². The van der Waals surface area contributed by atoms with E-state index in [-0.39, 0.29) is 24.9 Å². The lowest BCUT2D eigenvalue weighted by Crippen LogP contribution is -2.19. The third-order valence-corrected chi connectivity index (χ3v) is 3.01. The van der Waals surface area contributed by atoms with Crippen molar-refractivity contribution < 1.29 is 14.3 Å². The monoisotopic (exact) mass is 317 g/mol. The van der Waals surface area contributed by atoms with E-state index >= 15 is 0 Å². The summed E-state index contributed by atoms with van der Waals surface area (Å²) >= 11 is 0. The predicted molar refractivity (Wildman–Crippen MR) is 85.2 cm³/mol. The number of hydrogen-bond donors (Lipinski definition) is 2. The molecule has 1 heterocycles. The molecule has 23 heavy (non-hydrogen) atoms. The average Bonchev–Trinajstić information content (AvgIpc) is 2.89. The van der Waals surface area contributed by atoms with Crippen molar-refractivity contribution in [2.75, 3.05) is 17.2 Å². The second kappa shape index (κ2) is 7.39. The van der Waals surface area contributed by atoms with Gasteiger partial charge in [0, 0.05) is 5.69 Å². The normalized spacial score (nSPS) is 10.2. The Labute approximate surface area is 133 Å². The van der Waals surface area contributed by atoms with Gasteiger partial charge in [-0.3, -0.25) is 10.1 Å². The Morgan fingerprint density at radius 1 is 1.26 bits per heavy atom. The third-order valence-electron chi connectivity index (χ3n) is 3.01. The number of nitrogens with zero attached hydrogens (tertiary/aromatic N) is 3. The van der Waals surface area contributed by atoms with Crippen molar-refractivity contribution in [1.29, 1.82) is 0 Å². The van der Waals surface area contributed by atoms with Crippen molar-refractivity contribution in [2.24, 2.45) is 0 Å². The van der Waals surface area contributed by atoms with E-state index in [0.29, 0.717) is 0 Å². The molecule has 0 saturated heterocycles. The Balaban J connectivity index is 1.93. The maximum Gasteiger partial charge on any atom is 0.412 e. The van der Waals surface area contributed by atoms with Crippen molar-refractivity contribution in [3.8, 4) is 0 Å². The highest BCUT2D eigenvalue weighted by atomic mass is 16.5. The van der Waals surface area contributed by atoms with Crippen LogP contribution in [0.1, 0.15) is 18.1 Å². The molecule has 2 rings (SSSR count). The molecule has 2 amide bonds. The minimum atomic E-state index is -0.612. The first-order valence-corrected chi connectivity index (χ1v) is 7.19. The van der Waals surface area contributed by atoms with Gasteiger partial charge >= 0.3 is 6.09 Å². The molecule has 8 nitrogen and oxygen atoms in total. The lowest BCUT2D eigenvalue weighted by molar-refractivity contribution is -0.116. The Hall–Kier alpha value is -2.90.